The third-order valence-corrected chi connectivity index (χ3v) is 8.61. The van der Waals surface area contributed by atoms with E-state index in [0.717, 1.165) is 24.3 Å². The molecular weight excluding hydrogens is 529 g/mol. The van der Waals surface area contributed by atoms with Gasteiger partial charge in [0, 0.05) is 6.08 Å². The molecule has 34 heavy (non-hydrogen) atoms. The van der Waals surface area contributed by atoms with Crippen molar-refractivity contribution in [1.29, 1.82) is 0 Å². The van der Waals surface area contributed by atoms with Crippen LogP contribution in [0.5, 0.6) is 0 Å². The minimum Gasteiger partial charge on any atom is -0.307 e. The predicted octanol–water partition coefficient (Wildman–Crippen LogP) is 4.94. The maximum atomic E-state index is 13.6. The van der Waals surface area contributed by atoms with Gasteiger partial charge in [-0.05, 0) is 41.0 Å². The third kappa shape index (κ3) is 5.00. The average molecular weight is 543 g/mol. The summed E-state index contributed by atoms with van der Waals surface area (Å²) in [5.74, 6) is -3.19. The molecule has 0 unspecified atom stereocenters. The smallest absolute Gasteiger partial charge is 0.273 e. The van der Waals surface area contributed by atoms with Gasteiger partial charge in [0.2, 0.25) is 5.91 Å². The summed E-state index contributed by atoms with van der Waals surface area (Å²) < 4.78 is 53.4. The molecule has 4 rings (SSSR count). The summed E-state index contributed by atoms with van der Waals surface area (Å²) in [7, 11) is -4.18. The van der Waals surface area contributed by atoms with Crippen molar-refractivity contribution in [1.82, 2.24) is 4.72 Å². The van der Waals surface area contributed by atoms with Crippen LogP contribution in [0, 0.1) is 11.6 Å². The lowest BCUT2D eigenvalue weighted by molar-refractivity contribution is -0.117. The highest BCUT2D eigenvalue weighted by Crippen LogP contribution is 2.35. The second-order valence-corrected chi connectivity index (χ2v) is 11.2. The third-order valence-electron chi connectivity index (χ3n) is 4.92. The molecule has 2 aromatic carbocycles. The van der Waals surface area contributed by atoms with E-state index in [2.05, 4.69) is 0 Å². The van der Waals surface area contributed by atoms with Gasteiger partial charge in [0.1, 0.15) is 8.55 Å². The number of fused-ring (bicyclic) bond motifs is 1. The van der Waals surface area contributed by atoms with Gasteiger partial charge in [-0.2, -0.15) is 0 Å². The van der Waals surface area contributed by atoms with Gasteiger partial charge in [0.05, 0.1) is 23.7 Å². The number of hydrogen-bond donors (Lipinski definition) is 1. The number of para-hydroxylation sites is 1. The molecule has 0 fully saturated rings. The van der Waals surface area contributed by atoms with Crippen LogP contribution in [0.15, 0.2) is 52.7 Å². The van der Waals surface area contributed by atoms with Crippen molar-refractivity contribution in [3.63, 3.8) is 0 Å². The summed E-state index contributed by atoms with van der Waals surface area (Å²) in [6, 6.07) is 9.59. The van der Waals surface area contributed by atoms with E-state index in [1.165, 1.54) is 17.0 Å². The van der Waals surface area contributed by atoms with Crippen molar-refractivity contribution >= 4 is 68.1 Å². The van der Waals surface area contributed by atoms with Gasteiger partial charge in [-0.15, -0.1) is 11.3 Å². The van der Waals surface area contributed by atoms with E-state index in [1.807, 2.05) is 4.72 Å². The first-order chi connectivity index (χ1) is 16.0. The lowest BCUT2D eigenvalue weighted by Gasteiger charge is -2.20. The van der Waals surface area contributed by atoms with Crippen molar-refractivity contribution in [3.8, 4) is 0 Å². The van der Waals surface area contributed by atoms with Crippen LogP contribution in [0.2, 0.25) is 9.36 Å². The highest BCUT2D eigenvalue weighted by atomic mass is 35.5. The van der Waals surface area contributed by atoms with Crippen LogP contribution in [-0.2, 0) is 32.6 Å². The van der Waals surface area contributed by atoms with E-state index < -0.39 is 27.6 Å². The Labute approximate surface area is 207 Å². The maximum Gasteiger partial charge on any atom is 0.273 e. The summed E-state index contributed by atoms with van der Waals surface area (Å²) in [6.07, 6.45) is 2.48. The Morgan fingerprint density at radius 3 is 2.59 bits per heavy atom. The second-order valence-electron chi connectivity index (χ2n) is 7.25. The number of amides is 2. The molecule has 0 atom stereocenters. The van der Waals surface area contributed by atoms with E-state index in [0.29, 0.717) is 33.7 Å². The lowest BCUT2D eigenvalue weighted by Crippen LogP contribution is -2.28. The first-order valence-corrected chi connectivity index (χ1v) is 12.7. The van der Waals surface area contributed by atoms with Gasteiger partial charge in [0.25, 0.3) is 15.9 Å². The number of halogens is 4. The number of anilines is 1. The zero-order chi connectivity index (χ0) is 24.6. The number of rotatable bonds is 6. The van der Waals surface area contributed by atoms with Crippen molar-refractivity contribution in [2.45, 2.75) is 17.2 Å². The molecule has 1 aromatic heterocycles. The summed E-state index contributed by atoms with van der Waals surface area (Å²) in [6.45, 7) is -0.00560. The summed E-state index contributed by atoms with van der Waals surface area (Å²) in [5.41, 5.74) is 2.04. The van der Waals surface area contributed by atoms with Crippen molar-refractivity contribution in [2.75, 3.05) is 4.90 Å². The molecule has 0 bridgehead atoms. The van der Waals surface area contributed by atoms with E-state index in [1.54, 1.807) is 18.2 Å². The largest absolute Gasteiger partial charge is 0.307 e. The van der Waals surface area contributed by atoms with E-state index >= 15 is 0 Å². The van der Waals surface area contributed by atoms with Crippen LogP contribution >= 0.6 is 34.5 Å². The fourth-order valence-electron chi connectivity index (χ4n) is 3.43. The number of benzene rings is 2. The van der Waals surface area contributed by atoms with Gasteiger partial charge < -0.3 is 4.90 Å². The van der Waals surface area contributed by atoms with Crippen LogP contribution in [-0.4, -0.2) is 20.2 Å². The fourth-order valence-corrected chi connectivity index (χ4v) is 6.26. The number of nitrogens with zero attached hydrogens (tertiary/aromatic N) is 1. The van der Waals surface area contributed by atoms with Crippen LogP contribution < -0.4 is 9.62 Å². The minimum atomic E-state index is -4.18. The SMILES string of the molecule is O=C(/C=C/c1cccc2c1N(Cc1ccc(F)c(F)c1)C(=O)C2)NS(=O)(=O)c1cc(Cl)c(Cl)s1. The zero-order valence-corrected chi connectivity index (χ0v) is 20.2. The molecule has 12 heteroatoms. The van der Waals surface area contributed by atoms with E-state index in [4.69, 9.17) is 23.2 Å². The van der Waals surface area contributed by atoms with Crippen LogP contribution in [0.25, 0.3) is 6.08 Å². The number of sulfonamides is 1. The fraction of sp³-hybridized carbons (Fsp3) is 0.0909. The van der Waals surface area contributed by atoms with Crippen molar-refractivity contribution < 1.29 is 26.8 Å². The first-order valence-electron chi connectivity index (χ1n) is 9.61. The van der Waals surface area contributed by atoms with Crippen LogP contribution in [0.4, 0.5) is 14.5 Å². The summed E-state index contributed by atoms with van der Waals surface area (Å²) in [5, 5.41) is 0.0562. The first kappa shape index (κ1) is 24.3. The Morgan fingerprint density at radius 1 is 1.15 bits per heavy atom. The maximum absolute atomic E-state index is 13.6. The summed E-state index contributed by atoms with van der Waals surface area (Å²) >= 11 is 12.3. The molecule has 3 aromatic rings. The van der Waals surface area contributed by atoms with Gasteiger partial charge in [-0.1, -0.05) is 47.5 Å². The molecule has 1 aliphatic heterocycles. The predicted molar refractivity (Wildman–Crippen MR) is 126 cm³/mol. The van der Waals surface area contributed by atoms with Crippen LogP contribution in [0.1, 0.15) is 16.7 Å². The number of carbonyl (C=O) groups is 2. The Hall–Kier alpha value is -2.79. The Kier molecular flexibility index (Phi) is 6.77. The van der Waals surface area contributed by atoms with Crippen LogP contribution in [0.3, 0.4) is 0 Å². The topological polar surface area (TPSA) is 83.6 Å². The molecule has 1 N–H and O–H groups in total. The molecule has 0 saturated heterocycles. The molecule has 2 heterocycles. The molecule has 0 saturated carbocycles. The zero-order valence-electron chi connectivity index (χ0n) is 17.0. The normalized spacial score (nSPS) is 13.5. The number of hydrogen-bond acceptors (Lipinski definition) is 5. The second kappa shape index (κ2) is 9.46. The minimum absolute atomic E-state index is 0.00560. The molecule has 2 amide bonds. The summed E-state index contributed by atoms with van der Waals surface area (Å²) in [4.78, 5) is 26.3. The quantitative estimate of drug-likeness (QED) is 0.447. The van der Waals surface area contributed by atoms with Gasteiger partial charge in [-0.3, -0.25) is 9.59 Å². The average Bonchev–Trinajstić information content (AvgIpc) is 3.28. The van der Waals surface area contributed by atoms with Gasteiger partial charge in [-0.25, -0.2) is 21.9 Å². The van der Waals surface area contributed by atoms with Gasteiger partial charge >= 0.3 is 0 Å². The number of thiophene rings is 1. The highest BCUT2D eigenvalue weighted by Gasteiger charge is 2.29. The molecular formula is C22H14Cl2F2N2O4S2. The molecule has 0 radical (unpaired) electrons. The van der Waals surface area contributed by atoms with Crippen molar-refractivity contribution in [2.24, 2.45) is 0 Å². The molecule has 0 aliphatic carbocycles. The number of nitrogens with one attached hydrogen (secondary N) is 1. The molecule has 176 valence electrons. The Bertz CT molecular complexity index is 1440. The molecule has 1 aliphatic rings. The Morgan fingerprint density at radius 2 is 1.91 bits per heavy atom. The molecule has 6 nitrogen and oxygen atoms in total. The highest BCUT2D eigenvalue weighted by molar-refractivity contribution is 7.92. The van der Waals surface area contributed by atoms with Gasteiger partial charge in [0.15, 0.2) is 11.6 Å². The Balaban J connectivity index is 1.57. The molecule has 0 spiro atoms. The van der Waals surface area contributed by atoms with Crippen molar-refractivity contribution in [3.05, 3.63) is 86.2 Å². The van der Waals surface area contributed by atoms with E-state index in [-0.39, 0.29) is 32.4 Å². The monoisotopic (exact) mass is 542 g/mol. The number of carbonyl (C=O) groups excluding carboxylic acids is 2. The van der Waals surface area contributed by atoms with E-state index in [9.17, 15) is 26.8 Å². The lowest BCUT2D eigenvalue weighted by atomic mass is 10.1. The standard InChI is InChI=1S/C22H14Cl2F2N2O4S2/c23-15-10-20(33-22(15)24)34(31,32)27-18(29)7-5-13-2-1-3-14-9-19(30)28(21(13)14)11-12-4-6-16(25)17(26)8-12/h1-8,10H,9,11H2,(H,27,29)/b7-5+.